The molecule has 0 fully saturated rings. The molecule has 1 N–H and O–H groups in total. The number of carbonyl (C=O) groups excluding carboxylic acids is 2. The lowest BCUT2D eigenvalue weighted by Crippen LogP contribution is -2.16. The predicted molar refractivity (Wildman–Crippen MR) is 93.5 cm³/mol. The number of esters is 1. The first-order valence-corrected chi connectivity index (χ1v) is 9.08. The number of carbonyl (C=O) groups is 2. The van der Waals surface area contributed by atoms with Crippen LogP contribution in [0, 0.1) is 0 Å². The molecule has 0 bridgehead atoms. The van der Waals surface area contributed by atoms with E-state index in [2.05, 4.69) is 0 Å². The van der Waals surface area contributed by atoms with Crippen molar-refractivity contribution in [3.8, 4) is 5.75 Å². The summed E-state index contributed by atoms with van der Waals surface area (Å²) in [6.07, 6.45) is 2.32. The fourth-order valence-electron chi connectivity index (χ4n) is 2.53. The Morgan fingerprint density at radius 1 is 1.46 bits per heavy atom. The first kappa shape index (κ1) is 18.4. The maximum absolute atomic E-state index is 12.3. The molecule has 130 valence electrons. The fourth-order valence-corrected chi connectivity index (χ4v) is 2.90. The van der Waals surface area contributed by atoms with Crippen LogP contribution in [0.4, 0.5) is 0 Å². The molecule has 2 atom stereocenters. The van der Waals surface area contributed by atoms with Crippen LogP contribution < -0.4 is 4.74 Å². The zero-order chi connectivity index (χ0) is 17.7. The molecule has 5 nitrogen and oxygen atoms in total. The van der Waals surface area contributed by atoms with Gasteiger partial charge in [-0.3, -0.25) is 4.79 Å². The topological polar surface area (TPSA) is 72.8 Å². The third kappa shape index (κ3) is 4.32. The summed E-state index contributed by atoms with van der Waals surface area (Å²) in [6, 6.07) is 7.40. The number of methoxy groups -OCH3 is 1. The number of cyclic esters (lactones) is 1. The van der Waals surface area contributed by atoms with E-state index >= 15 is 0 Å². The van der Waals surface area contributed by atoms with Crippen molar-refractivity contribution in [3.63, 3.8) is 0 Å². The van der Waals surface area contributed by atoms with E-state index in [1.807, 2.05) is 37.4 Å². The highest BCUT2D eigenvalue weighted by molar-refractivity contribution is 7.99. The molecule has 1 aliphatic heterocycles. The number of ketones is 1. The third-order valence-corrected chi connectivity index (χ3v) is 5.01. The Labute approximate surface area is 146 Å². The van der Waals surface area contributed by atoms with Crippen LogP contribution in [-0.2, 0) is 20.7 Å². The highest BCUT2D eigenvalue weighted by Gasteiger charge is 2.38. The van der Waals surface area contributed by atoms with Gasteiger partial charge in [-0.25, -0.2) is 4.79 Å². The molecule has 1 aromatic rings. The van der Waals surface area contributed by atoms with Crippen LogP contribution >= 0.6 is 11.8 Å². The summed E-state index contributed by atoms with van der Waals surface area (Å²) < 4.78 is 10.3. The van der Waals surface area contributed by atoms with Gasteiger partial charge in [-0.1, -0.05) is 19.1 Å². The van der Waals surface area contributed by atoms with Gasteiger partial charge in [0.2, 0.25) is 0 Å². The molecule has 2 rings (SSSR count). The number of aryl methyl sites for hydroxylation is 1. The second-order valence-corrected chi connectivity index (χ2v) is 6.99. The minimum atomic E-state index is -0.721. The molecule has 0 amide bonds. The Morgan fingerprint density at radius 2 is 2.21 bits per heavy atom. The zero-order valence-corrected chi connectivity index (χ0v) is 14.9. The summed E-state index contributed by atoms with van der Waals surface area (Å²) in [7, 11) is 1.58. The van der Waals surface area contributed by atoms with Crippen molar-refractivity contribution in [1.29, 1.82) is 0 Å². The van der Waals surface area contributed by atoms with Gasteiger partial charge >= 0.3 is 5.97 Å². The summed E-state index contributed by atoms with van der Waals surface area (Å²) in [5, 5.41) is 10.4. The number of hydrogen-bond donors (Lipinski definition) is 1. The third-order valence-electron chi connectivity index (χ3n) is 4.02. The zero-order valence-electron chi connectivity index (χ0n) is 14.1. The average molecular weight is 350 g/mol. The Bertz CT molecular complexity index is 653. The van der Waals surface area contributed by atoms with E-state index in [9.17, 15) is 14.7 Å². The minimum Gasteiger partial charge on any atom is -0.507 e. The van der Waals surface area contributed by atoms with E-state index in [1.165, 1.54) is 0 Å². The Balaban J connectivity index is 2.03. The van der Waals surface area contributed by atoms with Crippen molar-refractivity contribution in [3.05, 3.63) is 41.2 Å². The largest absolute Gasteiger partial charge is 0.507 e. The van der Waals surface area contributed by atoms with Crippen molar-refractivity contribution >= 4 is 23.5 Å². The van der Waals surface area contributed by atoms with Crippen LogP contribution in [-0.4, -0.2) is 41.6 Å². The van der Waals surface area contributed by atoms with E-state index in [1.54, 1.807) is 18.9 Å². The molecule has 0 aliphatic carbocycles. The van der Waals surface area contributed by atoms with Gasteiger partial charge in [0.25, 0.3) is 0 Å². The SMILES string of the molecule is COc1cccc(CCC(=O)C2=C(O)C(CC(C)SC)OC2=O)c1. The van der Waals surface area contributed by atoms with Crippen molar-refractivity contribution < 1.29 is 24.2 Å². The monoisotopic (exact) mass is 350 g/mol. The molecular formula is C18H22O5S. The molecule has 0 radical (unpaired) electrons. The van der Waals surface area contributed by atoms with Gasteiger partial charge in [0.15, 0.2) is 17.6 Å². The van der Waals surface area contributed by atoms with Gasteiger partial charge in [0, 0.05) is 18.1 Å². The second kappa shape index (κ2) is 8.24. The summed E-state index contributed by atoms with van der Waals surface area (Å²) >= 11 is 1.61. The first-order valence-electron chi connectivity index (χ1n) is 7.79. The second-order valence-electron chi connectivity index (χ2n) is 5.71. The summed E-state index contributed by atoms with van der Waals surface area (Å²) in [5.74, 6) is -0.619. The van der Waals surface area contributed by atoms with Crippen molar-refractivity contribution in [2.45, 2.75) is 37.5 Å². The number of hydrogen-bond acceptors (Lipinski definition) is 6. The highest BCUT2D eigenvalue weighted by atomic mass is 32.2. The maximum atomic E-state index is 12.3. The van der Waals surface area contributed by atoms with Crippen molar-refractivity contribution in [2.75, 3.05) is 13.4 Å². The smallest absolute Gasteiger partial charge is 0.346 e. The summed E-state index contributed by atoms with van der Waals surface area (Å²) in [5.41, 5.74) is 0.734. The number of thioether (sulfide) groups is 1. The van der Waals surface area contributed by atoms with Gasteiger partial charge < -0.3 is 14.6 Å². The lowest BCUT2D eigenvalue weighted by Gasteiger charge is -2.13. The molecule has 0 saturated carbocycles. The van der Waals surface area contributed by atoms with Gasteiger partial charge in [-0.15, -0.1) is 0 Å². The number of rotatable bonds is 8. The predicted octanol–water partition coefficient (Wildman–Crippen LogP) is 3.08. The van der Waals surface area contributed by atoms with Crippen molar-refractivity contribution in [2.24, 2.45) is 0 Å². The normalized spacial score (nSPS) is 18.5. The molecule has 1 aliphatic rings. The molecule has 0 aromatic heterocycles. The number of ether oxygens (including phenoxy) is 2. The maximum Gasteiger partial charge on any atom is 0.346 e. The molecule has 0 spiro atoms. The van der Waals surface area contributed by atoms with Gasteiger partial charge in [0.1, 0.15) is 11.3 Å². The molecule has 1 heterocycles. The average Bonchev–Trinajstić information content (AvgIpc) is 2.86. The van der Waals surface area contributed by atoms with Crippen LogP contribution in [0.15, 0.2) is 35.6 Å². The Morgan fingerprint density at radius 3 is 2.88 bits per heavy atom. The molecule has 6 heteroatoms. The van der Waals surface area contributed by atoms with E-state index in [4.69, 9.17) is 9.47 Å². The van der Waals surface area contributed by atoms with E-state index in [-0.39, 0.29) is 28.8 Å². The summed E-state index contributed by atoms with van der Waals surface area (Å²) in [6.45, 7) is 1.98. The lowest BCUT2D eigenvalue weighted by atomic mass is 10.0. The quantitative estimate of drug-likeness (QED) is 0.574. The van der Waals surface area contributed by atoms with E-state index < -0.39 is 12.1 Å². The molecule has 0 saturated heterocycles. The van der Waals surface area contributed by atoms with E-state index in [0.717, 1.165) is 5.56 Å². The first-order chi connectivity index (χ1) is 11.5. The van der Waals surface area contributed by atoms with Crippen LogP contribution in [0.3, 0.4) is 0 Å². The van der Waals surface area contributed by atoms with Gasteiger partial charge in [-0.05, 0) is 30.4 Å². The number of benzene rings is 1. The lowest BCUT2D eigenvalue weighted by molar-refractivity contribution is -0.141. The molecule has 1 aromatic carbocycles. The minimum absolute atomic E-state index is 0.131. The molecule has 24 heavy (non-hydrogen) atoms. The number of aliphatic hydroxyl groups excluding tert-OH is 1. The van der Waals surface area contributed by atoms with Crippen LogP contribution in [0.25, 0.3) is 0 Å². The van der Waals surface area contributed by atoms with Crippen LogP contribution in [0.5, 0.6) is 5.75 Å². The Hall–Kier alpha value is -1.95. The summed E-state index contributed by atoms with van der Waals surface area (Å²) in [4.78, 5) is 24.3. The van der Waals surface area contributed by atoms with Crippen LogP contribution in [0.1, 0.15) is 25.3 Å². The van der Waals surface area contributed by atoms with Gasteiger partial charge in [0.05, 0.1) is 7.11 Å². The number of Topliss-reactive ketones (excluding diaryl/α,β-unsaturated/α-hetero) is 1. The van der Waals surface area contributed by atoms with Crippen LogP contribution in [0.2, 0.25) is 0 Å². The van der Waals surface area contributed by atoms with E-state index in [0.29, 0.717) is 18.6 Å². The number of aliphatic hydroxyl groups is 1. The Kier molecular flexibility index (Phi) is 6.31. The highest BCUT2D eigenvalue weighted by Crippen LogP contribution is 2.28. The van der Waals surface area contributed by atoms with Gasteiger partial charge in [-0.2, -0.15) is 11.8 Å². The molecular weight excluding hydrogens is 328 g/mol. The van der Waals surface area contributed by atoms with Crippen molar-refractivity contribution in [1.82, 2.24) is 0 Å². The fraction of sp³-hybridized carbons (Fsp3) is 0.444. The molecule has 2 unspecified atom stereocenters. The standard InChI is InChI=1S/C18H22O5S/c1-11(24-3)9-15-17(20)16(18(21)23-15)14(19)8-7-12-5-4-6-13(10-12)22-2/h4-6,10-11,15,20H,7-9H2,1-3H3.